The summed E-state index contributed by atoms with van der Waals surface area (Å²) in [5.41, 5.74) is 5.36. The molecule has 3 aliphatic rings. The van der Waals surface area contributed by atoms with Gasteiger partial charge in [-0.1, -0.05) is 30.3 Å². The van der Waals surface area contributed by atoms with Gasteiger partial charge in [-0.15, -0.1) is 0 Å². The number of hydrogen-bond acceptors (Lipinski definition) is 8. The Kier molecular flexibility index (Phi) is 6.53. The molecule has 1 saturated heterocycles. The Morgan fingerprint density at radius 2 is 1.76 bits per heavy atom. The molecule has 42 heavy (non-hydrogen) atoms. The second-order valence-corrected chi connectivity index (χ2v) is 11.2. The number of fused-ring (bicyclic) bond motifs is 3. The molecule has 0 bridgehead atoms. The van der Waals surface area contributed by atoms with Crippen molar-refractivity contribution in [3.8, 4) is 16.9 Å². The lowest BCUT2D eigenvalue weighted by atomic mass is 10.0. The van der Waals surface area contributed by atoms with Crippen molar-refractivity contribution in [2.75, 3.05) is 46.7 Å². The highest BCUT2D eigenvalue weighted by Crippen LogP contribution is 2.38. The number of amides is 1. The fourth-order valence-electron chi connectivity index (χ4n) is 5.79. The summed E-state index contributed by atoms with van der Waals surface area (Å²) in [5.74, 6) is 0.150. The number of ketones is 1. The summed E-state index contributed by atoms with van der Waals surface area (Å²) < 4.78 is 7.92. The minimum Gasteiger partial charge on any atom is -0.489 e. The van der Waals surface area contributed by atoms with Gasteiger partial charge in [0.25, 0.3) is 11.7 Å². The summed E-state index contributed by atoms with van der Waals surface area (Å²) in [7, 11) is 1.80. The molecular formula is C32H33N7O3. The molecule has 10 nitrogen and oxygen atoms in total. The van der Waals surface area contributed by atoms with Crippen LogP contribution < -0.4 is 25.2 Å². The van der Waals surface area contributed by atoms with Gasteiger partial charge in [-0.3, -0.25) is 9.59 Å². The molecule has 1 atom stereocenters. The third-order valence-electron chi connectivity index (χ3n) is 8.29. The quantitative estimate of drug-likeness (QED) is 0.254. The molecule has 214 valence electrons. The number of ether oxygens (including phenoxy) is 1. The normalized spacial score (nSPS) is 17.6. The molecule has 1 amide bonds. The number of nitrogens with one attached hydrogen (secondary N) is 2. The van der Waals surface area contributed by atoms with Crippen LogP contribution in [0.3, 0.4) is 0 Å². The lowest BCUT2D eigenvalue weighted by Gasteiger charge is -2.45. The topological polar surface area (TPSA) is 105 Å². The fourth-order valence-corrected chi connectivity index (χ4v) is 5.79. The van der Waals surface area contributed by atoms with Gasteiger partial charge in [-0.2, -0.15) is 0 Å². The maximum atomic E-state index is 13.4. The smallest absolute Gasteiger partial charge is 0.298 e. The molecule has 1 saturated carbocycles. The second-order valence-electron chi connectivity index (χ2n) is 11.2. The lowest BCUT2D eigenvalue weighted by molar-refractivity contribution is -0.112. The molecule has 0 spiro atoms. The summed E-state index contributed by atoms with van der Waals surface area (Å²) in [4.78, 5) is 40.3. The number of carbonyl (C=O) groups excluding carboxylic acids is 2. The van der Waals surface area contributed by atoms with Gasteiger partial charge >= 0.3 is 0 Å². The molecule has 4 heterocycles. The average molecular weight is 564 g/mol. The van der Waals surface area contributed by atoms with Crippen molar-refractivity contribution < 1.29 is 14.3 Å². The van der Waals surface area contributed by atoms with E-state index < -0.39 is 11.7 Å². The zero-order chi connectivity index (χ0) is 28.8. The fraction of sp³-hybridized carbons (Fsp3) is 0.312. The lowest BCUT2D eigenvalue weighted by Crippen LogP contribution is -2.57. The SMILES string of the molecule is Cc1cc(-c2ccccc2)c(C(=O)C(=O)Nc2ccc3c(c2)OC[C@@H]2CN(c4ncc(NC5CC5)cn4)CCN32)n1C. The summed E-state index contributed by atoms with van der Waals surface area (Å²) in [6.07, 6.45) is 6.15. The van der Waals surface area contributed by atoms with E-state index in [-0.39, 0.29) is 6.04 Å². The van der Waals surface area contributed by atoms with Gasteiger partial charge in [0, 0.05) is 55.7 Å². The van der Waals surface area contributed by atoms with Crippen molar-refractivity contribution in [3.63, 3.8) is 0 Å². The van der Waals surface area contributed by atoms with Crippen molar-refractivity contribution in [1.82, 2.24) is 14.5 Å². The number of rotatable bonds is 7. The predicted octanol–water partition coefficient (Wildman–Crippen LogP) is 4.27. The highest BCUT2D eigenvalue weighted by Gasteiger charge is 2.34. The standard InChI is InChI=1S/C32H33N7O3/c1-20-14-26(21-6-4-3-5-7-21)29(37(20)2)30(40)31(41)36-23-10-11-27-28(15-23)42-19-25-18-38(12-13-39(25)27)32-33-16-24(17-34-32)35-22-8-9-22/h3-7,10-11,14-17,22,25,35H,8-9,12-13,18-19H2,1-2H3,(H,36,41)/t25-/m0/s1. The number of piperazine rings is 1. The summed E-state index contributed by atoms with van der Waals surface area (Å²) >= 11 is 0. The van der Waals surface area contributed by atoms with E-state index in [1.165, 1.54) is 12.8 Å². The molecule has 7 rings (SSSR count). The Morgan fingerprint density at radius 3 is 2.52 bits per heavy atom. The molecule has 2 N–H and O–H groups in total. The molecule has 0 radical (unpaired) electrons. The number of Topliss-reactive ketones (excluding diaryl/α,β-unsaturated/α-hetero) is 1. The molecule has 2 aromatic carbocycles. The number of anilines is 4. The van der Waals surface area contributed by atoms with E-state index in [2.05, 4.69) is 30.4 Å². The van der Waals surface area contributed by atoms with Crippen LogP contribution >= 0.6 is 0 Å². The Labute approximate surface area is 244 Å². The highest BCUT2D eigenvalue weighted by molar-refractivity contribution is 6.47. The molecule has 1 aliphatic carbocycles. The summed E-state index contributed by atoms with van der Waals surface area (Å²) in [6, 6.07) is 17.9. The van der Waals surface area contributed by atoms with E-state index in [1.54, 1.807) is 17.7 Å². The maximum Gasteiger partial charge on any atom is 0.298 e. The van der Waals surface area contributed by atoms with Crippen LogP contribution in [-0.4, -0.2) is 64.6 Å². The maximum absolute atomic E-state index is 13.4. The van der Waals surface area contributed by atoms with E-state index in [0.717, 1.165) is 53.8 Å². The second kappa shape index (κ2) is 10.5. The van der Waals surface area contributed by atoms with Crippen LogP contribution in [0.1, 0.15) is 29.0 Å². The van der Waals surface area contributed by atoms with Crippen LogP contribution in [0.15, 0.2) is 67.0 Å². The third kappa shape index (κ3) is 4.93. The minimum atomic E-state index is -0.686. The number of aromatic nitrogens is 3. The van der Waals surface area contributed by atoms with Gasteiger partial charge in [0.1, 0.15) is 18.1 Å². The van der Waals surface area contributed by atoms with E-state index in [4.69, 9.17) is 4.74 Å². The van der Waals surface area contributed by atoms with E-state index in [0.29, 0.717) is 29.8 Å². The number of hydrogen-bond donors (Lipinski definition) is 2. The van der Waals surface area contributed by atoms with Crippen LogP contribution in [0.2, 0.25) is 0 Å². The predicted molar refractivity (Wildman–Crippen MR) is 163 cm³/mol. The molecule has 2 aliphatic heterocycles. The highest BCUT2D eigenvalue weighted by atomic mass is 16.5. The Bertz CT molecular complexity index is 1650. The summed E-state index contributed by atoms with van der Waals surface area (Å²) in [5, 5.41) is 6.22. The largest absolute Gasteiger partial charge is 0.489 e. The number of aryl methyl sites for hydroxylation is 1. The number of carbonyl (C=O) groups is 2. The molecule has 10 heteroatoms. The first-order valence-electron chi connectivity index (χ1n) is 14.4. The van der Waals surface area contributed by atoms with Crippen molar-refractivity contribution >= 4 is 34.7 Å². The molecule has 0 unspecified atom stereocenters. The first kappa shape index (κ1) is 26.1. The van der Waals surface area contributed by atoms with Crippen molar-refractivity contribution in [2.45, 2.75) is 31.8 Å². The third-order valence-corrected chi connectivity index (χ3v) is 8.29. The van der Waals surface area contributed by atoms with Gasteiger partial charge in [0.05, 0.1) is 29.8 Å². The van der Waals surface area contributed by atoms with Crippen LogP contribution in [0.5, 0.6) is 5.75 Å². The zero-order valence-corrected chi connectivity index (χ0v) is 23.7. The zero-order valence-electron chi connectivity index (χ0n) is 23.7. The number of benzene rings is 2. The first-order chi connectivity index (χ1) is 20.4. The van der Waals surface area contributed by atoms with E-state index in [9.17, 15) is 9.59 Å². The molecule has 2 fully saturated rings. The van der Waals surface area contributed by atoms with E-state index in [1.807, 2.05) is 67.8 Å². The van der Waals surface area contributed by atoms with Crippen LogP contribution in [0.25, 0.3) is 11.1 Å². The van der Waals surface area contributed by atoms with Gasteiger partial charge in [0.15, 0.2) is 0 Å². The minimum absolute atomic E-state index is 0.151. The van der Waals surface area contributed by atoms with Gasteiger partial charge in [-0.05, 0) is 43.5 Å². The van der Waals surface area contributed by atoms with Crippen molar-refractivity contribution in [3.05, 3.63) is 78.4 Å². The Balaban J connectivity index is 1.03. The van der Waals surface area contributed by atoms with Crippen LogP contribution in [0.4, 0.5) is 23.0 Å². The van der Waals surface area contributed by atoms with Crippen molar-refractivity contribution in [2.24, 2.45) is 7.05 Å². The molecule has 2 aromatic heterocycles. The average Bonchev–Trinajstić information content (AvgIpc) is 3.79. The van der Waals surface area contributed by atoms with Crippen LogP contribution in [0, 0.1) is 6.92 Å². The Hall–Kier alpha value is -4.86. The summed E-state index contributed by atoms with van der Waals surface area (Å²) in [6.45, 7) is 4.76. The molecular weight excluding hydrogens is 530 g/mol. The van der Waals surface area contributed by atoms with E-state index >= 15 is 0 Å². The number of nitrogens with zero attached hydrogens (tertiary/aromatic N) is 5. The van der Waals surface area contributed by atoms with Crippen molar-refractivity contribution in [1.29, 1.82) is 0 Å². The Morgan fingerprint density at radius 1 is 0.976 bits per heavy atom. The van der Waals surface area contributed by atoms with Gasteiger partial charge < -0.3 is 29.7 Å². The molecule has 4 aromatic rings. The van der Waals surface area contributed by atoms with Gasteiger partial charge in [0.2, 0.25) is 5.95 Å². The van der Waals surface area contributed by atoms with Crippen LogP contribution in [-0.2, 0) is 11.8 Å². The van der Waals surface area contributed by atoms with Gasteiger partial charge in [-0.25, -0.2) is 9.97 Å². The monoisotopic (exact) mass is 563 g/mol. The first-order valence-corrected chi connectivity index (χ1v) is 14.4.